The summed E-state index contributed by atoms with van der Waals surface area (Å²) in [7, 11) is 1.85. The van der Waals surface area contributed by atoms with E-state index in [2.05, 4.69) is 12.1 Å². The van der Waals surface area contributed by atoms with Crippen LogP contribution in [0.3, 0.4) is 0 Å². The maximum Gasteiger partial charge on any atom is 0.253 e. The number of carbonyl (C=O) groups excluding carboxylic acids is 1. The van der Waals surface area contributed by atoms with E-state index in [1.54, 1.807) is 4.90 Å². The largest absolute Gasteiger partial charge is 0.341 e. The van der Waals surface area contributed by atoms with E-state index >= 15 is 0 Å². The fourth-order valence-corrected chi connectivity index (χ4v) is 2.35. The Labute approximate surface area is 126 Å². The molecule has 0 radical (unpaired) electrons. The van der Waals surface area contributed by atoms with E-state index in [1.165, 1.54) is 5.56 Å². The molecule has 1 amide bonds. The number of benzene rings is 2. The molecule has 2 N–H and O–H groups in total. The summed E-state index contributed by atoms with van der Waals surface area (Å²) in [6.45, 7) is 1.26. The van der Waals surface area contributed by atoms with E-state index in [9.17, 15) is 4.79 Å². The van der Waals surface area contributed by atoms with Crippen molar-refractivity contribution in [3.63, 3.8) is 0 Å². The standard InChI is InChI=1S/C18H22N2O/c1-20(14-12-15-7-3-2-4-8-15)18(21)17-10-6-5-9-16(17)11-13-19/h2-10H,11-14,19H2,1H3. The molecule has 2 aromatic carbocycles. The number of amides is 1. The summed E-state index contributed by atoms with van der Waals surface area (Å²) in [5, 5.41) is 0. The summed E-state index contributed by atoms with van der Waals surface area (Å²) >= 11 is 0. The van der Waals surface area contributed by atoms with Crippen molar-refractivity contribution in [3.05, 3.63) is 71.3 Å². The molecule has 0 aliphatic rings. The molecule has 0 atom stereocenters. The number of carbonyl (C=O) groups is 1. The molecule has 3 nitrogen and oxygen atoms in total. The van der Waals surface area contributed by atoms with Gasteiger partial charge in [0.05, 0.1) is 0 Å². The van der Waals surface area contributed by atoms with Crippen molar-refractivity contribution in [3.8, 4) is 0 Å². The highest BCUT2D eigenvalue weighted by Gasteiger charge is 2.14. The molecule has 110 valence electrons. The first-order valence-electron chi connectivity index (χ1n) is 7.29. The van der Waals surface area contributed by atoms with Gasteiger partial charge in [-0.15, -0.1) is 0 Å². The van der Waals surface area contributed by atoms with Gasteiger partial charge in [0.15, 0.2) is 0 Å². The third-order valence-electron chi connectivity index (χ3n) is 3.59. The van der Waals surface area contributed by atoms with Crippen molar-refractivity contribution in [2.45, 2.75) is 12.8 Å². The van der Waals surface area contributed by atoms with Crippen LogP contribution in [0.4, 0.5) is 0 Å². The third kappa shape index (κ3) is 4.17. The lowest BCUT2D eigenvalue weighted by Crippen LogP contribution is -2.29. The molecular weight excluding hydrogens is 260 g/mol. The van der Waals surface area contributed by atoms with Gasteiger partial charge in [0.25, 0.3) is 5.91 Å². The van der Waals surface area contributed by atoms with Crippen molar-refractivity contribution in [1.29, 1.82) is 0 Å². The van der Waals surface area contributed by atoms with Crippen LogP contribution in [-0.4, -0.2) is 30.9 Å². The highest BCUT2D eigenvalue weighted by atomic mass is 16.2. The molecule has 0 aliphatic heterocycles. The summed E-state index contributed by atoms with van der Waals surface area (Å²) in [6.07, 6.45) is 1.59. The van der Waals surface area contributed by atoms with Crippen molar-refractivity contribution in [1.82, 2.24) is 4.90 Å². The van der Waals surface area contributed by atoms with Crippen LogP contribution in [0.15, 0.2) is 54.6 Å². The first-order valence-corrected chi connectivity index (χ1v) is 7.29. The molecule has 0 spiro atoms. The topological polar surface area (TPSA) is 46.3 Å². The lowest BCUT2D eigenvalue weighted by atomic mass is 10.0. The second-order valence-electron chi connectivity index (χ2n) is 5.16. The SMILES string of the molecule is CN(CCc1ccccc1)C(=O)c1ccccc1CCN. The van der Waals surface area contributed by atoms with Crippen LogP contribution < -0.4 is 5.73 Å². The van der Waals surface area contributed by atoms with E-state index in [-0.39, 0.29) is 5.91 Å². The van der Waals surface area contributed by atoms with E-state index in [1.807, 2.05) is 49.5 Å². The minimum absolute atomic E-state index is 0.0648. The Morgan fingerprint density at radius 2 is 1.67 bits per heavy atom. The molecule has 0 unspecified atom stereocenters. The first kappa shape index (κ1) is 15.3. The van der Waals surface area contributed by atoms with Crippen LogP contribution in [-0.2, 0) is 12.8 Å². The molecule has 0 heterocycles. The number of nitrogens with two attached hydrogens (primary N) is 1. The van der Waals surface area contributed by atoms with Gasteiger partial charge in [-0.2, -0.15) is 0 Å². The van der Waals surface area contributed by atoms with Gasteiger partial charge >= 0.3 is 0 Å². The first-order chi connectivity index (χ1) is 10.2. The molecule has 0 fully saturated rings. The molecule has 21 heavy (non-hydrogen) atoms. The van der Waals surface area contributed by atoms with Crippen molar-refractivity contribution >= 4 is 5.91 Å². The number of hydrogen-bond donors (Lipinski definition) is 1. The normalized spacial score (nSPS) is 10.4. The zero-order valence-corrected chi connectivity index (χ0v) is 12.5. The fourth-order valence-electron chi connectivity index (χ4n) is 2.35. The van der Waals surface area contributed by atoms with Gasteiger partial charge in [-0.05, 0) is 36.6 Å². The summed E-state index contributed by atoms with van der Waals surface area (Å²) in [5.74, 6) is 0.0648. The summed E-state index contributed by atoms with van der Waals surface area (Å²) < 4.78 is 0. The van der Waals surface area contributed by atoms with E-state index in [4.69, 9.17) is 5.73 Å². The molecule has 0 aliphatic carbocycles. The van der Waals surface area contributed by atoms with Gasteiger partial charge in [-0.3, -0.25) is 4.79 Å². The molecule has 3 heteroatoms. The van der Waals surface area contributed by atoms with Crippen LogP contribution in [0.5, 0.6) is 0 Å². The Kier molecular flexibility index (Phi) is 5.52. The van der Waals surface area contributed by atoms with Crippen LogP contribution in [0.1, 0.15) is 21.5 Å². The molecule has 2 rings (SSSR count). The number of hydrogen-bond acceptors (Lipinski definition) is 2. The van der Waals surface area contributed by atoms with Crippen LogP contribution >= 0.6 is 0 Å². The predicted molar refractivity (Wildman–Crippen MR) is 86.3 cm³/mol. The van der Waals surface area contributed by atoms with Crippen molar-refractivity contribution in [2.24, 2.45) is 5.73 Å². The van der Waals surface area contributed by atoms with E-state index < -0.39 is 0 Å². The molecule has 0 aromatic heterocycles. The molecule has 0 saturated carbocycles. The molecular formula is C18H22N2O. The molecule has 0 bridgehead atoms. The van der Waals surface area contributed by atoms with Gasteiger partial charge < -0.3 is 10.6 Å². The number of rotatable bonds is 6. The van der Waals surface area contributed by atoms with E-state index in [0.29, 0.717) is 13.1 Å². The van der Waals surface area contributed by atoms with Crippen molar-refractivity contribution in [2.75, 3.05) is 20.1 Å². The fraction of sp³-hybridized carbons (Fsp3) is 0.278. The summed E-state index contributed by atoms with van der Waals surface area (Å²) in [6, 6.07) is 17.9. The van der Waals surface area contributed by atoms with Crippen molar-refractivity contribution < 1.29 is 4.79 Å². The van der Waals surface area contributed by atoms with E-state index in [0.717, 1.165) is 24.0 Å². The van der Waals surface area contributed by atoms with Gasteiger partial charge in [-0.25, -0.2) is 0 Å². The average Bonchev–Trinajstić information content (AvgIpc) is 2.54. The zero-order chi connectivity index (χ0) is 15.1. The van der Waals surface area contributed by atoms with Crippen LogP contribution in [0.25, 0.3) is 0 Å². The minimum atomic E-state index is 0.0648. The second-order valence-corrected chi connectivity index (χ2v) is 5.16. The van der Waals surface area contributed by atoms with Gasteiger partial charge in [0.2, 0.25) is 0 Å². The Hall–Kier alpha value is -2.13. The lowest BCUT2D eigenvalue weighted by Gasteiger charge is -2.19. The Morgan fingerprint density at radius 1 is 1.00 bits per heavy atom. The van der Waals surface area contributed by atoms with Crippen LogP contribution in [0, 0.1) is 0 Å². The highest BCUT2D eigenvalue weighted by molar-refractivity contribution is 5.95. The lowest BCUT2D eigenvalue weighted by molar-refractivity contribution is 0.0795. The zero-order valence-electron chi connectivity index (χ0n) is 12.5. The quantitative estimate of drug-likeness (QED) is 0.885. The maximum absolute atomic E-state index is 12.5. The Morgan fingerprint density at radius 3 is 2.38 bits per heavy atom. The monoisotopic (exact) mass is 282 g/mol. The minimum Gasteiger partial charge on any atom is -0.341 e. The molecule has 0 saturated heterocycles. The predicted octanol–water partition coefficient (Wildman–Crippen LogP) is 2.50. The summed E-state index contributed by atoms with van der Waals surface area (Å²) in [4.78, 5) is 14.3. The highest BCUT2D eigenvalue weighted by Crippen LogP contribution is 2.12. The molecule has 2 aromatic rings. The Bertz CT molecular complexity index is 581. The number of likely N-dealkylation sites (N-methyl/N-ethyl adjacent to an activating group) is 1. The summed E-state index contributed by atoms with van der Waals surface area (Å²) in [5.41, 5.74) is 8.65. The third-order valence-corrected chi connectivity index (χ3v) is 3.59. The maximum atomic E-state index is 12.5. The van der Waals surface area contributed by atoms with Gasteiger partial charge in [0.1, 0.15) is 0 Å². The van der Waals surface area contributed by atoms with Gasteiger partial charge in [0, 0.05) is 19.2 Å². The smallest absolute Gasteiger partial charge is 0.253 e. The van der Waals surface area contributed by atoms with Gasteiger partial charge in [-0.1, -0.05) is 48.5 Å². The average molecular weight is 282 g/mol. The number of nitrogens with zero attached hydrogens (tertiary/aromatic N) is 1. The van der Waals surface area contributed by atoms with Crippen LogP contribution in [0.2, 0.25) is 0 Å². The Balaban J connectivity index is 2.02. The second kappa shape index (κ2) is 7.60.